The second kappa shape index (κ2) is 6.88. The van der Waals surface area contributed by atoms with Crippen LogP contribution in [0.4, 0.5) is 0 Å². The Hall–Kier alpha value is -0.940. The number of hydrogen-bond acceptors (Lipinski definition) is 4. The summed E-state index contributed by atoms with van der Waals surface area (Å²) in [4.78, 5) is 0. The van der Waals surface area contributed by atoms with Crippen molar-refractivity contribution < 1.29 is 4.74 Å². The molecule has 0 amide bonds. The highest BCUT2D eigenvalue weighted by Crippen LogP contribution is 2.33. The molecule has 0 bridgehead atoms. The van der Waals surface area contributed by atoms with Gasteiger partial charge in [0.2, 0.25) is 0 Å². The maximum atomic E-state index is 5.73. The van der Waals surface area contributed by atoms with E-state index < -0.39 is 0 Å². The second-order valence-corrected chi connectivity index (χ2v) is 6.47. The van der Waals surface area contributed by atoms with Gasteiger partial charge in [-0.15, -0.1) is 10.2 Å². The predicted molar refractivity (Wildman–Crippen MR) is 82.5 cm³/mol. The Balaban J connectivity index is 1.81. The standard InChI is InChI=1S/C16H28N4O/c1-3-9-17-15-11-21-10-14(15)16-19-18-12(2)20(16)13-7-5-4-6-8-13/h13-15,17H,3-11H2,1-2H3. The fourth-order valence-corrected chi connectivity index (χ4v) is 3.77. The van der Waals surface area contributed by atoms with Crippen LogP contribution < -0.4 is 5.32 Å². The summed E-state index contributed by atoms with van der Waals surface area (Å²) in [6, 6.07) is 0.979. The van der Waals surface area contributed by atoms with Crippen molar-refractivity contribution in [2.75, 3.05) is 19.8 Å². The van der Waals surface area contributed by atoms with Crippen molar-refractivity contribution in [3.63, 3.8) is 0 Å². The first-order valence-corrected chi connectivity index (χ1v) is 8.53. The molecule has 118 valence electrons. The summed E-state index contributed by atoms with van der Waals surface area (Å²) in [5.74, 6) is 2.56. The van der Waals surface area contributed by atoms with Crippen molar-refractivity contribution in [3.05, 3.63) is 11.6 Å². The van der Waals surface area contributed by atoms with Crippen molar-refractivity contribution in [2.45, 2.75) is 70.4 Å². The van der Waals surface area contributed by atoms with Crippen LogP contribution in [0.1, 0.15) is 69.1 Å². The van der Waals surface area contributed by atoms with Crippen LogP contribution in [0.25, 0.3) is 0 Å². The molecular weight excluding hydrogens is 264 g/mol. The zero-order chi connectivity index (χ0) is 14.7. The minimum absolute atomic E-state index is 0.347. The molecule has 1 aromatic heterocycles. The Bertz CT molecular complexity index is 453. The lowest BCUT2D eigenvalue weighted by atomic mass is 9.94. The zero-order valence-corrected chi connectivity index (χ0v) is 13.3. The molecule has 2 aliphatic rings. The lowest BCUT2D eigenvalue weighted by Gasteiger charge is -2.27. The van der Waals surface area contributed by atoms with Crippen molar-refractivity contribution in [3.8, 4) is 0 Å². The van der Waals surface area contributed by atoms with Gasteiger partial charge in [0.25, 0.3) is 0 Å². The molecule has 1 aliphatic heterocycles. The molecule has 2 heterocycles. The van der Waals surface area contributed by atoms with Crippen LogP contribution >= 0.6 is 0 Å². The normalized spacial score (nSPS) is 27.3. The fraction of sp³-hybridized carbons (Fsp3) is 0.875. The first kappa shape index (κ1) is 15.0. The van der Waals surface area contributed by atoms with E-state index in [0.717, 1.165) is 37.8 Å². The summed E-state index contributed by atoms with van der Waals surface area (Å²) in [6.07, 6.45) is 7.73. The lowest BCUT2D eigenvalue weighted by molar-refractivity contribution is 0.186. The zero-order valence-electron chi connectivity index (χ0n) is 13.3. The van der Waals surface area contributed by atoms with Gasteiger partial charge in [0.05, 0.1) is 19.1 Å². The predicted octanol–water partition coefficient (Wildman–Crippen LogP) is 2.57. The minimum Gasteiger partial charge on any atom is -0.379 e. The van der Waals surface area contributed by atoms with E-state index in [9.17, 15) is 0 Å². The number of nitrogens with one attached hydrogen (secondary N) is 1. The number of ether oxygens (including phenoxy) is 1. The van der Waals surface area contributed by atoms with Gasteiger partial charge < -0.3 is 14.6 Å². The van der Waals surface area contributed by atoms with Gasteiger partial charge in [-0.3, -0.25) is 0 Å². The molecule has 1 saturated carbocycles. The van der Waals surface area contributed by atoms with E-state index >= 15 is 0 Å². The van der Waals surface area contributed by atoms with Crippen molar-refractivity contribution in [1.82, 2.24) is 20.1 Å². The Morgan fingerprint density at radius 1 is 1.19 bits per heavy atom. The second-order valence-electron chi connectivity index (χ2n) is 6.47. The van der Waals surface area contributed by atoms with Gasteiger partial charge in [-0.2, -0.15) is 0 Å². The summed E-state index contributed by atoms with van der Waals surface area (Å²) in [5.41, 5.74) is 0. The third-order valence-corrected chi connectivity index (χ3v) is 4.90. The SMILES string of the molecule is CCCNC1COCC1c1nnc(C)n1C1CCCCC1. The van der Waals surface area contributed by atoms with Gasteiger partial charge in [-0.25, -0.2) is 0 Å². The molecule has 1 aromatic rings. The molecule has 1 N–H and O–H groups in total. The molecule has 0 radical (unpaired) electrons. The number of aryl methyl sites for hydroxylation is 1. The Morgan fingerprint density at radius 2 is 2.00 bits per heavy atom. The highest BCUT2D eigenvalue weighted by molar-refractivity contribution is 5.09. The third kappa shape index (κ3) is 3.14. The third-order valence-electron chi connectivity index (χ3n) is 4.90. The van der Waals surface area contributed by atoms with E-state index in [2.05, 4.69) is 33.9 Å². The molecule has 0 aromatic carbocycles. The monoisotopic (exact) mass is 292 g/mol. The summed E-state index contributed by atoms with van der Waals surface area (Å²) in [7, 11) is 0. The molecule has 0 spiro atoms. The highest BCUT2D eigenvalue weighted by atomic mass is 16.5. The number of aromatic nitrogens is 3. The molecule has 21 heavy (non-hydrogen) atoms. The maximum Gasteiger partial charge on any atom is 0.140 e. The van der Waals surface area contributed by atoms with Gasteiger partial charge in [0, 0.05) is 12.1 Å². The molecule has 5 nitrogen and oxygen atoms in total. The summed E-state index contributed by atoms with van der Waals surface area (Å²) in [6.45, 7) is 6.90. The van der Waals surface area contributed by atoms with E-state index in [1.807, 2.05) is 0 Å². The average Bonchev–Trinajstić information content (AvgIpc) is 3.12. The van der Waals surface area contributed by atoms with Gasteiger partial charge in [-0.05, 0) is 32.7 Å². The van der Waals surface area contributed by atoms with E-state index in [-0.39, 0.29) is 0 Å². The number of hydrogen-bond donors (Lipinski definition) is 1. The lowest BCUT2D eigenvalue weighted by Crippen LogP contribution is -2.36. The van der Waals surface area contributed by atoms with Crippen LogP contribution in [0.3, 0.4) is 0 Å². The quantitative estimate of drug-likeness (QED) is 0.906. The first-order valence-electron chi connectivity index (χ1n) is 8.53. The molecule has 1 saturated heterocycles. The van der Waals surface area contributed by atoms with E-state index in [1.54, 1.807) is 0 Å². The maximum absolute atomic E-state index is 5.73. The molecule has 1 aliphatic carbocycles. The van der Waals surface area contributed by atoms with Crippen molar-refractivity contribution in [2.24, 2.45) is 0 Å². The molecule has 2 fully saturated rings. The Morgan fingerprint density at radius 3 is 2.76 bits per heavy atom. The van der Waals surface area contributed by atoms with Crippen molar-refractivity contribution >= 4 is 0 Å². The average molecular weight is 292 g/mol. The molecule has 2 unspecified atom stereocenters. The number of rotatable bonds is 5. The molecular formula is C16H28N4O. The molecule has 2 atom stereocenters. The van der Waals surface area contributed by atoms with E-state index in [1.165, 1.54) is 32.1 Å². The van der Waals surface area contributed by atoms with E-state index in [4.69, 9.17) is 4.74 Å². The highest BCUT2D eigenvalue weighted by Gasteiger charge is 2.35. The smallest absolute Gasteiger partial charge is 0.140 e. The van der Waals surface area contributed by atoms with Gasteiger partial charge in [-0.1, -0.05) is 26.2 Å². The van der Waals surface area contributed by atoms with Crippen LogP contribution in [-0.4, -0.2) is 40.6 Å². The first-order chi connectivity index (χ1) is 10.3. The number of nitrogens with zero attached hydrogens (tertiary/aromatic N) is 3. The Labute approximate surface area is 127 Å². The van der Waals surface area contributed by atoms with Crippen LogP contribution in [0.2, 0.25) is 0 Å². The molecule has 3 rings (SSSR count). The van der Waals surface area contributed by atoms with Gasteiger partial charge in [0.1, 0.15) is 11.6 Å². The summed E-state index contributed by atoms with van der Waals surface area (Å²) in [5, 5.41) is 12.5. The Kier molecular flexibility index (Phi) is 4.91. The largest absolute Gasteiger partial charge is 0.379 e. The van der Waals surface area contributed by atoms with E-state index in [0.29, 0.717) is 18.0 Å². The van der Waals surface area contributed by atoms with Crippen LogP contribution in [0.15, 0.2) is 0 Å². The van der Waals surface area contributed by atoms with Crippen LogP contribution in [-0.2, 0) is 4.74 Å². The van der Waals surface area contributed by atoms with Crippen LogP contribution in [0, 0.1) is 6.92 Å². The fourth-order valence-electron chi connectivity index (χ4n) is 3.77. The molecule has 5 heteroatoms. The van der Waals surface area contributed by atoms with Gasteiger partial charge in [0.15, 0.2) is 0 Å². The summed E-state index contributed by atoms with van der Waals surface area (Å²) >= 11 is 0. The van der Waals surface area contributed by atoms with Crippen molar-refractivity contribution in [1.29, 1.82) is 0 Å². The topological polar surface area (TPSA) is 52.0 Å². The van der Waals surface area contributed by atoms with Crippen LogP contribution in [0.5, 0.6) is 0 Å². The summed E-state index contributed by atoms with van der Waals surface area (Å²) < 4.78 is 8.14. The minimum atomic E-state index is 0.347. The van der Waals surface area contributed by atoms with Gasteiger partial charge >= 0.3 is 0 Å².